The molecule has 0 atom stereocenters. The first-order chi connectivity index (χ1) is 6.55. The van der Waals surface area contributed by atoms with Crippen LogP contribution in [-0.2, 0) is 9.59 Å². The van der Waals surface area contributed by atoms with Crippen LogP contribution < -0.4 is 0 Å². The van der Waals surface area contributed by atoms with Crippen LogP contribution in [0.1, 0.15) is 19.3 Å². The summed E-state index contributed by atoms with van der Waals surface area (Å²) in [5.41, 5.74) is -2.17. The molecule has 78 valence electrons. The number of nitrogens with zero attached hydrogens (tertiary/aromatic N) is 2. The first-order valence-electron chi connectivity index (χ1n) is 4.13. The van der Waals surface area contributed by atoms with E-state index in [1.165, 1.54) is 0 Å². The summed E-state index contributed by atoms with van der Waals surface area (Å²) < 4.78 is 0. The zero-order valence-corrected chi connectivity index (χ0v) is 7.34. The van der Waals surface area contributed by atoms with Gasteiger partial charge in [0.15, 0.2) is 0 Å². The Kier molecular flexibility index (Phi) is 2.68. The van der Waals surface area contributed by atoms with Crippen molar-refractivity contribution < 1.29 is 19.8 Å². The summed E-state index contributed by atoms with van der Waals surface area (Å²) >= 11 is 0. The molecule has 1 aliphatic rings. The lowest BCUT2D eigenvalue weighted by Crippen LogP contribution is -2.60. The van der Waals surface area contributed by atoms with Crippen LogP contribution in [0.25, 0.3) is 0 Å². The second-order valence-corrected chi connectivity index (χ2v) is 3.13. The SMILES string of the molecule is O=NN1CCCCC1(C(=O)O)C(=O)O. The van der Waals surface area contributed by atoms with Crippen LogP contribution >= 0.6 is 0 Å². The minimum atomic E-state index is -2.17. The lowest BCUT2D eigenvalue weighted by Gasteiger charge is -2.36. The normalized spacial score (nSPS) is 20.1. The average molecular weight is 202 g/mol. The topological polar surface area (TPSA) is 107 Å². The van der Waals surface area contributed by atoms with Gasteiger partial charge in [-0.15, -0.1) is 4.91 Å². The Morgan fingerprint density at radius 3 is 2.14 bits per heavy atom. The molecule has 1 fully saturated rings. The van der Waals surface area contributed by atoms with Crippen LogP contribution in [0.4, 0.5) is 0 Å². The molecular weight excluding hydrogens is 192 g/mol. The number of hydrogen-bond acceptors (Lipinski definition) is 4. The van der Waals surface area contributed by atoms with Crippen molar-refractivity contribution in [2.24, 2.45) is 5.29 Å². The first kappa shape index (κ1) is 10.4. The molecule has 0 saturated carbocycles. The first-order valence-corrected chi connectivity index (χ1v) is 4.13. The van der Waals surface area contributed by atoms with E-state index in [0.29, 0.717) is 17.9 Å². The molecule has 0 bridgehead atoms. The van der Waals surface area contributed by atoms with Gasteiger partial charge in [-0.3, -0.25) is 0 Å². The van der Waals surface area contributed by atoms with Gasteiger partial charge in [0.05, 0.1) is 5.29 Å². The maximum atomic E-state index is 10.9. The molecule has 0 amide bonds. The van der Waals surface area contributed by atoms with Gasteiger partial charge in [0, 0.05) is 6.54 Å². The van der Waals surface area contributed by atoms with Crippen LogP contribution in [0.3, 0.4) is 0 Å². The summed E-state index contributed by atoms with van der Waals surface area (Å²) in [5, 5.41) is 20.7. The molecule has 1 aliphatic heterocycles. The highest BCUT2D eigenvalue weighted by Crippen LogP contribution is 2.29. The van der Waals surface area contributed by atoms with Gasteiger partial charge in [-0.05, 0) is 19.3 Å². The highest BCUT2D eigenvalue weighted by atomic mass is 16.4. The molecule has 0 aromatic heterocycles. The van der Waals surface area contributed by atoms with Crippen molar-refractivity contribution in [2.45, 2.75) is 24.8 Å². The molecule has 1 saturated heterocycles. The van der Waals surface area contributed by atoms with Crippen LogP contribution in [0, 0.1) is 4.91 Å². The van der Waals surface area contributed by atoms with Crippen molar-refractivity contribution in [2.75, 3.05) is 6.54 Å². The maximum absolute atomic E-state index is 10.9. The molecule has 7 nitrogen and oxygen atoms in total. The number of hydrogen-bond donors (Lipinski definition) is 2. The molecule has 0 aromatic rings. The summed E-state index contributed by atoms with van der Waals surface area (Å²) in [6.07, 6.45) is 0.947. The Bertz CT molecular complexity index is 263. The number of aliphatic carboxylic acids is 2. The van der Waals surface area contributed by atoms with Gasteiger partial charge in [0.1, 0.15) is 0 Å². The Hall–Kier alpha value is -1.66. The number of carboxylic acids is 2. The maximum Gasteiger partial charge on any atom is 0.343 e. The van der Waals surface area contributed by atoms with E-state index in [1.807, 2.05) is 0 Å². The van der Waals surface area contributed by atoms with Crippen molar-refractivity contribution in [3.63, 3.8) is 0 Å². The largest absolute Gasteiger partial charge is 0.479 e. The highest BCUT2D eigenvalue weighted by molar-refractivity contribution is 6.03. The number of piperidine rings is 1. The summed E-state index contributed by atoms with van der Waals surface area (Å²) in [7, 11) is 0. The van der Waals surface area contributed by atoms with Crippen molar-refractivity contribution >= 4 is 11.9 Å². The molecule has 14 heavy (non-hydrogen) atoms. The van der Waals surface area contributed by atoms with Crippen LogP contribution in [0.2, 0.25) is 0 Å². The lowest BCUT2D eigenvalue weighted by atomic mass is 9.88. The number of rotatable bonds is 3. The van der Waals surface area contributed by atoms with Crippen molar-refractivity contribution in [3.8, 4) is 0 Å². The molecule has 1 heterocycles. The van der Waals surface area contributed by atoms with E-state index in [9.17, 15) is 14.5 Å². The van der Waals surface area contributed by atoms with Gasteiger partial charge >= 0.3 is 11.9 Å². The fourth-order valence-electron chi connectivity index (χ4n) is 1.60. The zero-order valence-electron chi connectivity index (χ0n) is 7.34. The number of nitroso groups, excluding NO2 is 1. The number of carboxylic acid groups (broad SMARTS) is 2. The van der Waals surface area contributed by atoms with Gasteiger partial charge < -0.3 is 10.2 Å². The van der Waals surface area contributed by atoms with E-state index in [2.05, 4.69) is 5.29 Å². The Balaban J connectivity index is 3.09. The highest BCUT2D eigenvalue weighted by Gasteiger charge is 2.53. The monoisotopic (exact) mass is 202 g/mol. The van der Waals surface area contributed by atoms with E-state index < -0.39 is 17.5 Å². The minimum Gasteiger partial charge on any atom is -0.479 e. The molecule has 0 unspecified atom stereocenters. The summed E-state index contributed by atoms with van der Waals surface area (Å²) in [5.74, 6) is -3.08. The van der Waals surface area contributed by atoms with Crippen molar-refractivity contribution in [1.29, 1.82) is 0 Å². The summed E-state index contributed by atoms with van der Waals surface area (Å²) in [4.78, 5) is 32.1. The van der Waals surface area contributed by atoms with E-state index in [-0.39, 0.29) is 13.0 Å². The Morgan fingerprint density at radius 1 is 1.21 bits per heavy atom. The van der Waals surface area contributed by atoms with Crippen LogP contribution in [0.15, 0.2) is 5.29 Å². The lowest BCUT2D eigenvalue weighted by molar-refractivity contribution is -0.171. The standard InChI is InChI=1S/C7H10N2O5/c10-5(11)7(6(12)13)3-1-2-4-9(7)8-14/h1-4H2,(H,10,11)(H,12,13). The van der Waals surface area contributed by atoms with Gasteiger partial charge in [-0.25, -0.2) is 14.6 Å². The Labute approximate surface area is 79.3 Å². The van der Waals surface area contributed by atoms with E-state index in [0.717, 1.165) is 0 Å². The van der Waals surface area contributed by atoms with Crippen molar-refractivity contribution in [1.82, 2.24) is 5.01 Å². The third-order valence-corrected chi connectivity index (χ3v) is 2.41. The molecule has 0 aromatic carbocycles. The summed E-state index contributed by atoms with van der Waals surface area (Å²) in [6, 6.07) is 0. The average Bonchev–Trinajstić information content (AvgIpc) is 2.16. The van der Waals surface area contributed by atoms with Gasteiger partial charge in [0.25, 0.3) is 5.54 Å². The quantitative estimate of drug-likeness (QED) is 0.495. The molecule has 7 heteroatoms. The van der Waals surface area contributed by atoms with Gasteiger partial charge in [-0.2, -0.15) is 0 Å². The van der Waals surface area contributed by atoms with Gasteiger partial charge in [-0.1, -0.05) is 0 Å². The second kappa shape index (κ2) is 3.60. The predicted octanol–water partition coefficient (Wildman–Crippen LogP) is 0.0617. The van der Waals surface area contributed by atoms with Crippen LogP contribution in [0.5, 0.6) is 0 Å². The predicted molar refractivity (Wildman–Crippen MR) is 44.4 cm³/mol. The smallest absolute Gasteiger partial charge is 0.343 e. The Morgan fingerprint density at radius 2 is 1.79 bits per heavy atom. The second-order valence-electron chi connectivity index (χ2n) is 3.13. The molecule has 1 rings (SSSR count). The number of carbonyl (C=O) groups is 2. The van der Waals surface area contributed by atoms with E-state index >= 15 is 0 Å². The zero-order chi connectivity index (χ0) is 10.8. The minimum absolute atomic E-state index is 0.0715. The van der Waals surface area contributed by atoms with Gasteiger partial charge in [0.2, 0.25) is 0 Å². The third-order valence-electron chi connectivity index (χ3n) is 2.41. The molecule has 2 N–H and O–H groups in total. The fraction of sp³-hybridized carbons (Fsp3) is 0.714. The molecule has 0 spiro atoms. The van der Waals surface area contributed by atoms with E-state index in [4.69, 9.17) is 10.2 Å². The van der Waals surface area contributed by atoms with E-state index in [1.54, 1.807) is 0 Å². The molecule has 0 radical (unpaired) electrons. The fourth-order valence-corrected chi connectivity index (χ4v) is 1.60. The van der Waals surface area contributed by atoms with Crippen LogP contribution in [-0.4, -0.2) is 39.2 Å². The van der Waals surface area contributed by atoms with Crippen molar-refractivity contribution in [3.05, 3.63) is 4.91 Å². The molecular formula is C7H10N2O5. The third kappa shape index (κ3) is 1.30. The molecule has 0 aliphatic carbocycles. The summed E-state index contributed by atoms with van der Waals surface area (Å²) in [6.45, 7) is 0.0715.